The first-order valence-electron chi connectivity index (χ1n) is 5.57. The van der Waals surface area contributed by atoms with Crippen LogP contribution < -0.4 is 10.0 Å². The van der Waals surface area contributed by atoms with Crippen LogP contribution in [0.25, 0.3) is 0 Å². The summed E-state index contributed by atoms with van der Waals surface area (Å²) in [5, 5.41) is 13.7. The number of nitriles is 1. The molecule has 1 aliphatic heterocycles. The third-order valence-corrected chi connectivity index (χ3v) is 3.73. The maximum atomic E-state index is 11.8. The van der Waals surface area contributed by atoms with Crippen molar-refractivity contribution in [2.24, 2.45) is 11.1 Å². The van der Waals surface area contributed by atoms with Crippen LogP contribution in [-0.4, -0.2) is 31.6 Å². The second-order valence-electron chi connectivity index (χ2n) is 4.40. The first-order chi connectivity index (χ1) is 8.89. The van der Waals surface area contributed by atoms with Gasteiger partial charge in [0.1, 0.15) is 17.6 Å². The van der Waals surface area contributed by atoms with Crippen LogP contribution in [-0.2, 0) is 14.8 Å². The molecule has 7 nitrogen and oxygen atoms in total. The first-order valence-corrected chi connectivity index (χ1v) is 7.28. The Morgan fingerprint density at radius 3 is 2.89 bits per heavy atom. The van der Waals surface area contributed by atoms with E-state index < -0.39 is 10.0 Å². The van der Waals surface area contributed by atoms with E-state index in [1.54, 1.807) is 12.1 Å². The van der Waals surface area contributed by atoms with Gasteiger partial charge < -0.3 is 0 Å². The second kappa shape index (κ2) is 4.95. The Labute approximate surface area is 110 Å². The highest BCUT2D eigenvalue weighted by atomic mass is 32.2. The van der Waals surface area contributed by atoms with Gasteiger partial charge in [0, 0.05) is 18.9 Å². The monoisotopic (exact) mass is 280 g/mol. The summed E-state index contributed by atoms with van der Waals surface area (Å²) < 4.78 is 22.1. The Hall–Kier alpha value is -1.98. The van der Waals surface area contributed by atoms with Gasteiger partial charge in [0.2, 0.25) is 15.9 Å². The molecule has 1 unspecified atom stereocenters. The third kappa shape index (κ3) is 3.27. The molecule has 8 heteroatoms. The molecule has 1 fully saturated rings. The van der Waals surface area contributed by atoms with Gasteiger partial charge in [-0.25, -0.2) is 18.5 Å². The maximum absolute atomic E-state index is 11.8. The van der Waals surface area contributed by atoms with Gasteiger partial charge in [-0.05, 0) is 12.1 Å². The third-order valence-electron chi connectivity index (χ3n) is 2.80. The molecule has 2 N–H and O–H groups in total. The van der Waals surface area contributed by atoms with E-state index in [0.717, 1.165) is 0 Å². The van der Waals surface area contributed by atoms with Crippen molar-refractivity contribution in [1.82, 2.24) is 4.98 Å². The molecule has 1 aliphatic rings. The van der Waals surface area contributed by atoms with Gasteiger partial charge in [0.25, 0.3) is 0 Å². The molecule has 0 aromatic carbocycles. The maximum Gasteiger partial charge on any atom is 0.228 e. The summed E-state index contributed by atoms with van der Waals surface area (Å²) >= 11 is 0. The van der Waals surface area contributed by atoms with Crippen LogP contribution in [0.15, 0.2) is 18.2 Å². The zero-order valence-corrected chi connectivity index (χ0v) is 10.8. The van der Waals surface area contributed by atoms with Crippen LogP contribution in [0.4, 0.5) is 5.82 Å². The van der Waals surface area contributed by atoms with Crippen molar-refractivity contribution in [3.63, 3.8) is 0 Å². The molecule has 2 heterocycles. The van der Waals surface area contributed by atoms with E-state index in [4.69, 9.17) is 10.4 Å². The predicted octanol–water partition coefficient (Wildman–Crippen LogP) is -0.405. The van der Waals surface area contributed by atoms with Gasteiger partial charge in [0.05, 0.1) is 5.75 Å². The number of amides is 1. The molecule has 1 atom stereocenters. The summed E-state index contributed by atoms with van der Waals surface area (Å²) in [6, 6.07) is 6.66. The second-order valence-corrected chi connectivity index (χ2v) is 6.06. The minimum atomic E-state index is -3.60. The zero-order chi connectivity index (χ0) is 14.0. The summed E-state index contributed by atoms with van der Waals surface area (Å²) in [5.74, 6) is -0.417. The summed E-state index contributed by atoms with van der Waals surface area (Å²) in [5.41, 5.74) is 0.209. The Kier molecular flexibility index (Phi) is 3.50. The van der Waals surface area contributed by atoms with Crippen molar-refractivity contribution < 1.29 is 13.2 Å². The predicted molar refractivity (Wildman–Crippen MR) is 67.4 cm³/mol. The highest BCUT2D eigenvalue weighted by Gasteiger charge is 2.33. The van der Waals surface area contributed by atoms with Crippen LogP contribution in [0.1, 0.15) is 12.1 Å². The van der Waals surface area contributed by atoms with Gasteiger partial charge in [-0.15, -0.1) is 0 Å². The molecule has 2 rings (SSSR count). The lowest BCUT2D eigenvalue weighted by Gasteiger charge is -2.15. The molecule has 100 valence electrons. The molecule has 1 amide bonds. The number of carbonyl (C=O) groups excluding carboxylic acids is 1. The van der Waals surface area contributed by atoms with Crippen LogP contribution in [0.5, 0.6) is 0 Å². The molecule has 0 bridgehead atoms. The largest absolute Gasteiger partial charge is 0.296 e. The molecular formula is C11H12N4O3S. The summed E-state index contributed by atoms with van der Waals surface area (Å²) in [4.78, 5) is 17.2. The van der Waals surface area contributed by atoms with E-state index in [-0.39, 0.29) is 36.2 Å². The highest BCUT2D eigenvalue weighted by molar-refractivity contribution is 7.89. The Morgan fingerprint density at radius 1 is 1.53 bits per heavy atom. The molecule has 0 radical (unpaired) electrons. The van der Waals surface area contributed by atoms with Gasteiger partial charge in [0.15, 0.2) is 0 Å². The lowest BCUT2D eigenvalue weighted by molar-refractivity contribution is -0.117. The normalized spacial score (nSPS) is 19.5. The van der Waals surface area contributed by atoms with Crippen molar-refractivity contribution in [2.45, 2.75) is 6.42 Å². The zero-order valence-electron chi connectivity index (χ0n) is 9.98. The summed E-state index contributed by atoms with van der Waals surface area (Å²) in [6.07, 6.45) is 0.120. The van der Waals surface area contributed by atoms with Crippen LogP contribution >= 0.6 is 0 Å². The fourth-order valence-corrected chi connectivity index (χ4v) is 2.96. The topological polar surface area (TPSA) is 117 Å². The Bertz CT molecular complexity index is 650. The number of primary sulfonamides is 1. The molecule has 1 aromatic heterocycles. The molecule has 0 saturated carbocycles. The number of anilines is 1. The number of carbonyl (C=O) groups is 1. The molecule has 0 aliphatic carbocycles. The molecule has 19 heavy (non-hydrogen) atoms. The first kappa shape index (κ1) is 13.5. The number of rotatable bonds is 3. The Morgan fingerprint density at radius 2 is 2.26 bits per heavy atom. The van der Waals surface area contributed by atoms with Crippen molar-refractivity contribution in [3.8, 4) is 6.07 Å². The Balaban J connectivity index is 2.18. The van der Waals surface area contributed by atoms with Crippen molar-refractivity contribution in [3.05, 3.63) is 23.9 Å². The van der Waals surface area contributed by atoms with Crippen LogP contribution in [0.2, 0.25) is 0 Å². The number of nitrogens with zero attached hydrogens (tertiary/aromatic N) is 3. The summed E-state index contributed by atoms with van der Waals surface area (Å²) in [7, 11) is -3.60. The van der Waals surface area contributed by atoms with Gasteiger partial charge in [-0.3, -0.25) is 9.69 Å². The van der Waals surface area contributed by atoms with E-state index in [2.05, 4.69) is 4.98 Å². The smallest absolute Gasteiger partial charge is 0.228 e. The molecule has 1 aromatic rings. The van der Waals surface area contributed by atoms with E-state index in [9.17, 15) is 13.2 Å². The number of aromatic nitrogens is 1. The van der Waals surface area contributed by atoms with Gasteiger partial charge in [-0.1, -0.05) is 6.07 Å². The van der Waals surface area contributed by atoms with Gasteiger partial charge in [-0.2, -0.15) is 5.26 Å². The number of sulfonamides is 1. The standard InChI is InChI=1S/C11H12N4O3S/c12-5-9-2-1-3-10(14-9)15-6-8(4-11(15)16)7-19(13,17)18/h1-3,8H,4,6-7H2,(H2,13,17,18). The average molecular weight is 280 g/mol. The van der Waals surface area contributed by atoms with Crippen molar-refractivity contribution >= 4 is 21.7 Å². The lowest BCUT2D eigenvalue weighted by atomic mass is 10.1. The lowest BCUT2D eigenvalue weighted by Crippen LogP contribution is -2.28. The fourth-order valence-electron chi connectivity index (χ4n) is 2.08. The minimum Gasteiger partial charge on any atom is -0.296 e. The number of nitrogens with two attached hydrogens (primary N) is 1. The van der Waals surface area contributed by atoms with E-state index >= 15 is 0 Å². The fraction of sp³-hybridized carbons (Fsp3) is 0.364. The summed E-state index contributed by atoms with van der Waals surface area (Å²) in [6.45, 7) is 0.247. The van der Waals surface area contributed by atoms with Crippen molar-refractivity contribution in [1.29, 1.82) is 5.26 Å². The highest BCUT2D eigenvalue weighted by Crippen LogP contribution is 2.24. The SMILES string of the molecule is N#Cc1cccc(N2CC(CS(N)(=O)=O)CC2=O)n1. The average Bonchev–Trinajstić information content (AvgIpc) is 2.68. The minimum absolute atomic E-state index is 0.120. The van der Waals surface area contributed by atoms with Crippen molar-refractivity contribution in [2.75, 3.05) is 17.2 Å². The number of hydrogen-bond donors (Lipinski definition) is 1. The molecular weight excluding hydrogens is 268 g/mol. The molecule has 1 saturated heterocycles. The van der Waals surface area contributed by atoms with Crippen LogP contribution in [0, 0.1) is 17.2 Å². The number of pyridine rings is 1. The number of hydrogen-bond acceptors (Lipinski definition) is 5. The van der Waals surface area contributed by atoms with Crippen LogP contribution in [0.3, 0.4) is 0 Å². The van der Waals surface area contributed by atoms with E-state index in [0.29, 0.717) is 5.82 Å². The molecule has 0 spiro atoms. The van der Waals surface area contributed by atoms with E-state index in [1.807, 2.05) is 6.07 Å². The van der Waals surface area contributed by atoms with E-state index in [1.165, 1.54) is 11.0 Å². The van der Waals surface area contributed by atoms with Gasteiger partial charge >= 0.3 is 0 Å². The quantitative estimate of drug-likeness (QED) is 0.808.